The van der Waals surface area contributed by atoms with Crippen molar-refractivity contribution < 1.29 is 4.79 Å². The fourth-order valence-corrected chi connectivity index (χ4v) is 3.00. The molecule has 23 heavy (non-hydrogen) atoms. The van der Waals surface area contributed by atoms with E-state index in [0.29, 0.717) is 5.13 Å². The number of aryl methyl sites for hydroxylation is 1. The minimum atomic E-state index is -0.114. The Labute approximate surface area is 138 Å². The number of amides is 1. The number of para-hydroxylation sites is 1. The third kappa shape index (κ3) is 4.01. The number of hydrogen-bond acceptors (Lipinski definition) is 5. The Morgan fingerprint density at radius 1 is 1.26 bits per heavy atom. The topological polar surface area (TPSA) is 72.7 Å². The molecule has 3 rings (SSSR count). The van der Waals surface area contributed by atoms with Gasteiger partial charge in [-0.1, -0.05) is 36.5 Å². The normalized spacial score (nSPS) is 10.7. The molecule has 1 N–H and O–H groups in total. The Bertz CT molecular complexity index is 781. The number of carbonyl (C=O) groups is 1. The van der Waals surface area contributed by atoms with E-state index in [2.05, 4.69) is 27.5 Å². The lowest BCUT2D eigenvalue weighted by Gasteiger charge is -2.00. The van der Waals surface area contributed by atoms with Crippen LogP contribution in [0.5, 0.6) is 0 Å². The molecule has 3 aromatic rings. The molecule has 0 radical (unpaired) electrons. The fourth-order valence-electron chi connectivity index (χ4n) is 2.14. The summed E-state index contributed by atoms with van der Waals surface area (Å²) < 4.78 is 1.76. The first-order valence-electron chi connectivity index (χ1n) is 7.46. The smallest absolute Gasteiger partial charge is 0.230 e. The van der Waals surface area contributed by atoms with E-state index in [1.807, 2.05) is 36.5 Å². The zero-order valence-electron chi connectivity index (χ0n) is 12.8. The third-order valence-corrected chi connectivity index (χ3v) is 4.10. The van der Waals surface area contributed by atoms with Crippen molar-refractivity contribution in [2.24, 2.45) is 0 Å². The molecule has 118 valence electrons. The Morgan fingerprint density at radius 3 is 2.87 bits per heavy atom. The van der Waals surface area contributed by atoms with Gasteiger partial charge in [-0.3, -0.25) is 4.79 Å². The van der Waals surface area contributed by atoms with E-state index < -0.39 is 0 Å². The summed E-state index contributed by atoms with van der Waals surface area (Å²) >= 11 is 1.42. The van der Waals surface area contributed by atoms with Crippen LogP contribution < -0.4 is 5.32 Å². The third-order valence-electron chi connectivity index (χ3n) is 3.20. The van der Waals surface area contributed by atoms with Crippen molar-refractivity contribution >= 4 is 22.4 Å². The van der Waals surface area contributed by atoms with Gasteiger partial charge in [0.1, 0.15) is 5.01 Å². The second-order valence-electron chi connectivity index (χ2n) is 5.10. The highest BCUT2D eigenvalue weighted by molar-refractivity contribution is 7.15. The molecule has 0 aliphatic carbocycles. The van der Waals surface area contributed by atoms with Crippen molar-refractivity contribution in [3.8, 4) is 5.69 Å². The quantitative estimate of drug-likeness (QED) is 0.755. The van der Waals surface area contributed by atoms with Gasteiger partial charge in [-0.15, -0.1) is 10.2 Å². The summed E-state index contributed by atoms with van der Waals surface area (Å²) in [5, 5.41) is 16.6. The van der Waals surface area contributed by atoms with E-state index in [0.717, 1.165) is 29.1 Å². The van der Waals surface area contributed by atoms with Gasteiger partial charge in [0.25, 0.3) is 0 Å². The van der Waals surface area contributed by atoms with Crippen LogP contribution in [-0.2, 0) is 17.6 Å². The summed E-state index contributed by atoms with van der Waals surface area (Å²) in [6.07, 6.45) is 5.72. The molecule has 0 saturated heterocycles. The number of benzene rings is 1. The lowest BCUT2D eigenvalue weighted by molar-refractivity contribution is -0.115. The molecular weight excluding hydrogens is 310 g/mol. The van der Waals surface area contributed by atoms with Crippen LogP contribution in [0.4, 0.5) is 5.13 Å². The summed E-state index contributed by atoms with van der Waals surface area (Å²) in [5.74, 6) is -0.114. The first-order chi connectivity index (χ1) is 11.2. The molecular formula is C16H17N5OS. The highest BCUT2D eigenvalue weighted by Gasteiger charge is 2.10. The van der Waals surface area contributed by atoms with Crippen LogP contribution in [0.15, 0.2) is 42.7 Å². The summed E-state index contributed by atoms with van der Waals surface area (Å²) in [7, 11) is 0. The van der Waals surface area contributed by atoms with Crippen LogP contribution in [0, 0.1) is 0 Å². The molecule has 0 aliphatic rings. The van der Waals surface area contributed by atoms with E-state index in [4.69, 9.17) is 0 Å². The Hall–Kier alpha value is -2.54. The Balaban J connectivity index is 1.60. The highest BCUT2D eigenvalue weighted by atomic mass is 32.1. The van der Waals surface area contributed by atoms with Crippen LogP contribution in [-0.4, -0.2) is 25.9 Å². The summed E-state index contributed by atoms with van der Waals surface area (Å²) in [5.41, 5.74) is 1.82. The molecule has 0 fully saturated rings. The number of anilines is 1. The SMILES string of the molecule is CCCc1nnc(NC(=O)Cc2cnn(-c3ccccc3)c2)s1. The molecule has 0 spiro atoms. The van der Waals surface area contributed by atoms with Gasteiger partial charge in [0.05, 0.1) is 18.3 Å². The Morgan fingerprint density at radius 2 is 2.09 bits per heavy atom. The average molecular weight is 327 g/mol. The van der Waals surface area contributed by atoms with E-state index in [1.54, 1.807) is 10.9 Å². The van der Waals surface area contributed by atoms with Crippen LogP contribution in [0.1, 0.15) is 23.9 Å². The summed E-state index contributed by atoms with van der Waals surface area (Å²) in [6, 6.07) is 9.79. The molecule has 0 saturated carbocycles. The molecule has 0 aliphatic heterocycles. The predicted octanol–water partition coefficient (Wildman–Crippen LogP) is 2.86. The second-order valence-corrected chi connectivity index (χ2v) is 6.17. The number of hydrogen-bond donors (Lipinski definition) is 1. The van der Waals surface area contributed by atoms with Gasteiger partial charge in [0, 0.05) is 12.6 Å². The van der Waals surface area contributed by atoms with Crippen molar-refractivity contribution in [1.29, 1.82) is 0 Å². The number of rotatable bonds is 6. The minimum absolute atomic E-state index is 0.114. The number of nitrogens with one attached hydrogen (secondary N) is 1. The van der Waals surface area contributed by atoms with Crippen molar-refractivity contribution in [3.05, 3.63) is 53.3 Å². The van der Waals surface area contributed by atoms with Gasteiger partial charge in [-0.2, -0.15) is 5.10 Å². The van der Waals surface area contributed by atoms with Crippen molar-refractivity contribution in [3.63, 3.8) is 0 Å². The lowest BCUT2D eigenvalue weighted by atomic mass is 10.2. The van der Waals surface area contributed by atoms with Gasteiger partial charge in [0.2, 0.25) is 11.0 Å². The van der Waals surface area contributed by atoms with Gasteiger partial charge in [0.15, 0.2) is 0 Å². The molecule has 2 aromatic heterocycles. The lowest BCUT2D eigenvalue weighted by Crippen LogP contribution is -2.13. The zero-order valence-corrected chi connectivity index (χ0v) is 13.6. The maximum atomic E-state index is 12.1. The van der Waals surface area contributed by atoms with Crippen LogP contribution in [0.25, 0.3) is 5.69 Å². The van der Waals surface area contributed by atoms with Crippen LogP contribution >= 0.6 is 11.3 Å². The molecule has 1 aromatic carbocycles. The molecule has 7 heteroatoms. The maximum absolute atomic E-state index is 12.1. The second kappa shape index (κ2) is 7.15. The van der Waals surface area contributed by atoms with Crippen molar-refractivity contribution in [2.75, 3.05) is 5.32 Å². The first-order valence-corrected chi connectivity index (χ1v) is 8.27. The molecule has 2 heterocycles. The molecule has 0 atom stereocenters. The van der Waals surface area contributed by atoms with Crippen LogP contribution in [0.2, 0.25) is 0 Å². The monoisotopic (exact) mass is 327 g/mol. The average Bonchev–Trinajstić information content (AvgIpc) is 3.18. The highest BCUT2D eigenvalue weighted by Crippen LogP contribution is 2.17. The van der Waals surface area contributed by atoms with E-state index in [1.165, 1.54) is 11.3 Å². The van der Waals surface area contributed by atoms with Crippen molar-refractivity contribution in [2.45, 2.75) is 26.2 Å². The standard InChI is InChI=1S/C16H17N5OS/c1-2-6-15-19-20-16(23-15)18-14(22)9-12-10-17-21(11-12)13-7-4-3-5-8-13/h3-5,7-8,10-11H,2,6,9H2,1H3,(H,18,20,22). The van der Waals surface area contributed by atoms with Crippen molar-refractivity contribution in [1.82, 2.24) is 20.0 Å². The number of aromatic nitrogens is 4. The molecule has 0 bridgehead atoms. The predicted molar refractivity (Wildman–Crippen MR) is 89.8 cm³/mol. The van der Waals surface area contributed by atoms with Gasteiger partial charge < -0.3 is 5.32 Å². The minimum Gasteiger partial charge on any atom is -0.300 e. The molecule has 6 nitrogen and oxygen atoms in total. The fraction of sp³-hybridized carbons (Fsp3) is 0.250. The number of carbonyl (C=O) groups excluding carboxylic acids is 1. The van der Waals surface area contributed by atoms with Crippen LogP contribution in [0.3, 0.4) is 0 Å². The van der Waals surface area contributed by atoms with Gasteiger partial charge in [-0.25, -0.2) is 4.68 Å². The van der Waals surface area contributed by atoms with Gasteiger partial charge in [-0.05, 0) is 24.1 Å². The van der Waals surface area contributed by atoms with E-state index >= 15 is 0 Å². The number of nitrogens with zero attached hydrogens (tertiary/aromatic N) is 4. The Kier molecular flexibility index (Phi) is 4.77. The first kappa shape index (κ1) is 15.4. The largest absolute Gasteiger partial charge is 0.300 e. The zero-order chi connectivity index (χ0) is 16.1. The van der Waals surface area contributed by atoms with E-state index in [9.17, 15) is 4.79 Å². The summed E-state index contributed by atoms with van der Waals surface area (Å²) in [6.45, 7) is 2.09. The summed E-state index contributed by atoms with van der Waals surface area (Å²) in [4.78, 5) is 12.1. The molecule has 1 amide bonds. The van der Waals surface area contributed by atoms with Gasteiger partial charge >= 0.3 is 0 Å². The van der Waals surface area contributed by atoms with E-state index in [-0.39, 0.29) is 12.3 Å². The maximum Gasteiger partial charge on any atom is 0.230 e. The molecule has 0 unspecified atom stereocenters.